The first-order chi connectivity index (χ1) is 13.2. The van der Waals surface area contributed by atoms with E-state index in [0.29, 0.717) is 34.9 Å². The van der Waals surface area contributed by atoms with Crippen molar-refractivity contribution >= 4 is 50.2 Å². The van der Waals surface area contributed by atoms with Gasteiger partial charge in [-0.1, -0.05) is 35.5 Å². The van der Waals surface area contributed by atoms with Crippen molar-refractivity contribution in [1.82, 2.24) is 15.0 Å². The summed E-state index contributed by atoms with van der Waals surface area (Å²) in [5.41, 5.74) is 0.801. The quantitative estimate of drug-likeness (QED) is 0.268. The van der Waals surface area contributed by atoms with Crippen LogP contribution in [0.15, 0.2) is 40.5 Å². The van der Waals surface area contributed by atoms with Crippen molar-refractivity contribution in [2.75, 3.05) is 24.7 Å². The highest BCUT2D eigenvalue weighted by molar-refractivity contribution is 7.98. The predicted octanol–water partition coefficient (Wildman–Crippen LogP) is 3.46. The number of hydrogen-bond acceptors (Lipinski definition) is 7. The monoisotopic (exact) mass is 442 g/mol. The highest BCUT2D eigenvalue weighted by Crippen LogP contribution is 2.30. The zero-order chi connectivity index (χ0) is 20.5. The van der Waals surface area contributed by atoms with Crippen molar-refractivity contribution in [1.29, 1.82) is 0 Å². The van der Waals surface area contributed by atoms with Crippen LogP contribution in [0.1, 0.15) is 5.56 Å². The Labute approximate surface area is 170 Å². The smallest absolute Gasteiger partial charge is 0.294 e. The first-order valence-corrected chi connectivity index (χ1v) is 11.1. The number of nitrogens with zero attached hydrogens (tertiary/aromatic N) is 4. The van der Waals surface area contributed by atoms with Crippen LogP contribution in [0.25, 0.3) is 10.9 Å². The minimum Gasteiger partial charge on any atom is -0.359 e. The molecule has 0 aliphatic rings. The molecule has 0 radical (unpaired) electrons. The van der Waals surface area contributed by atoms with Crippen molar-refractivity contribution in [2.24, 2.45) is 0 Å². The van der Waals surface area contributed by atoms with E-state index < -0.39 is 15.9 Å². The second-order valence-electron chi connectivity index (χ2n) is 5.95. The van der Waals surface area contributed by atoms with Crippen LogP contribution in [-0.2, 0) is 16.5 Å². The summed E-state index contributed by atoms with van der Waals surface area (Å²) in [6.07, 6.45) is 3.75. The second kappa shape index (κ2) is 8.16. The molecule has 0 aliphatic carbocycles. The lowest BCUT2D eigenvalue weighted by molar-refractivity contribution is 0.483. The summed E-state index contributed by atoms with van der Waals surface area (Å²) in [6, 6.07) is 6.02. The third-order valence-corrected chi connectivity index (χ3v) is 5.74. The number of rotatable bonds is 6. The first-order valence-electron chi connectivity index (χ1n) is 8.04. The van der Waals surface area contributed by atoms with Crippen molar-refractivity contribution < 1.29 is 17.4 Å². The molecule has 0 saturated carbocycles. The number of fused-ring (bicyclic) bond motifs is 1. The number of pyridine rings is 1. The van der Waals surface area contributed by atoms with Gasteiger partial charge in [0.05, 0.1) is 10.3 Å². The van der Waals surface area contributed by atoms with Gasteiger partial charge in [-0.3, -0.25) is 4.55 Å². The van der Waals surface area contributed by atoms with Crippen molar-refractivity contribution in [3.63, 3.8) is 0 Å². The van der Waals surface area contributed by atoms with E-state index in [1.54, 1.807) is 30.3 Å². The molecule has 0 fully saturated rings. The van der Waals surface area contributed by atoms with Gasteiger partial charge in [0.2, 0.25) is 0 Å². The van der Waals surface area contributed by atoms with Gasteiger partial charge in [0.15, 0.2) is 16.1 Å². The van der Waals surface area contributed by atoms with Gasteiger partial charge < -0.3 is 4.90 Å². The third kappa shape index (κ3) is 4.35. The van der Waals surface area contributed by atoms with Crippen LogP contribution in [0.3, 0.4) is 0 Å². The zero-order valence-electron chi connectivity index (χ0n) is 14.9. The van der Waals surface area contributed by atoms with E-state index in [1.165, 1.54) is 30.1 Å². The molecule has 1 aromatic carbocycles. The van der Waals surface area contributed by atoms with Gasteiger partial charge >= 0.3 is 0 Å². The summed E-state index contributed by atoms with van der Waals surface area (Å²) >= 11 is 7.23. The standard InChI is InChI=1S/C17H16ClFN4O3S2/c1-23(7-6-10-4-3-5-11(8-10)28(24,25)26)16-12-9-20-17(27-2)21-14(12)13(19)15(18)22-16/h3-5,8-9H,6-7H2,1-2H3,(H,24,25,26). The Morgan fingerprint density at radius 1 is 1.32 bits per heavy atom. The molecular weight excluding hydrogens is 427 g/mol. The molecule has 1 N–H and O–H groups in total. The fraction of sp³-hybridized carbons (Fsp3) is 0.235. The Hall–Kier alpha value is -2.01. The fourth-order valence-corrected chi connectivity index (χ4v) is 3.71. The maximum Gasteiger partial charge on any atom is 0.294 e. The van der Waals surface area contributed by atoms with Crippen LogP contribution >= 0.6 is 23.4 Å². The Bertz CT molecular complexity index is 1140. The number of aromatic nitrogens is 3. The fourth-order valence-electron chi connectivity index (χ4n) is 2.65. The summed E-state index contributed by atoms with van der Waals surface area (Å²) in [4.78, 5) is 14.1. The maximum atomic E-state index is 14.4. The van der Waals surface area contributed by atoms with E-state index >= 15 is 0 Å². The summed E-state index contributed by atoms with van der Waals surface area (Å²) < 4.78 is 46.1. The van der Waals surface area contributed by atoms with Gasteiger partial charge in [0.1, 0.15) is 11.3 Å². The van der Waals surface area contributed by atoms with E-state index in [2.05, 4.69) is 15.0 Å². The number of hydrogen-bond donors (Lipinski definition) is 1. The minimum atomic E-state index is -4.27. The Kier molecular flexibility index (Phi) is 6.04. The molecule has 7 nitrogen and oxygen atoms in total. The molecule has 28 heavy (non-hydrogen) atoms. The molecule has 2 aromatic heterocycles. The van der Waals surface area contributed by atoms with E-state index in [0.717, 1.165) is 0 Å². The van der Waals surface area contributed by atoms with E-state index in [4.69, 9.17) is 11.6 Å². The Morgan fingerprint density at radius 3 is 2.75 bits per heavy atom. The van der Waals surface area contributed by atoms with Crippen molar-refractivity contribution in [3.8, 4) is 0 Å². The van der Waals surface area contributed by atoms with Crippen LogP contribution in [0, 0.1) is 5.82 Å². The lowest BCUT2D eigenvalue weighted by Crippen LogP contribution is -2.22. The molecule has 148 valence electrons. The molecule has 3 aromatic rings. The minimum absolute atomic E-state index is 0.0922. The average molecular weight is 443 g/mol. The van der Waals surface area contributed by atoms with Gasteiger partial charge in [0.25, 0.3) is 10.1 Å². The second-order valence-corrected chi connectivity index (χ2v) is 8.51. The SMILES string of the molecule is CSc1ncc2c(N(C)CCc3cccc(S(=O)(=O)O)c3)nc(Cl)c(F)c2n1. The normalized spacial score (nSPS) is 11.8. The molecule has 0 unspecified atom stereocenters. The molecule has 0 atom stereocenters. The van der Waals surface area contributed by atoms with E-state index in [-0.39, 0.29) is 15.6 Å². The molecule has 3 rings (SSSR count). The number of likely N-dealkylation sites (N-methyl/N-ethyl adjacent to an activating group) is 1. The van der Waals surface area contributed by atoms with Crippen LogP contribution in [0.4, 0.5) is 10.2 Å². The van der Waals surface area contributed by atoms with Crippen LogP contribution in [0.5, 0.6) is 0 Å². The molecule has 11 heteroatoms. The largest absolute Gasteiger partial charge is 0.359 e. The highest BCUT2D eigenvalue weighted by Gasteiger charge is 2.18. The molecule has 0 spiro atoms. The topological polar surface area (TPSA) is 96.3 Å². The lowest BCUT2D eigenvalue weighted by Gasteiger charge is -2.20. The van der Waals surface area contributed by atoms with E-state index in [9.17, 15) is 17.4 Å². The third-order valence-electron chi connectivity index (χ3n) is 4.08. The lowest BCUT2D eigenvalue weighted by atomic mass is 10.1. The molecular formula is C17H16ClFN4O3S2. The van der Waals surface area contributed by atoms with E-state index in [1.807, 2.05) is 0 Å². The maximum absolute atomic E-state index is 14.4. The predicted molar refractivity (Wildman–Crippen MR) is 107 cm³/mol. The first kappa shape index (κ1) is 20.7. The summed E-state index contributed by atoms with van der Waals surface area (Å²) in [6.45, 7) is 0.434. The van der Waals surface area contributed by atoms with Gasteiger partial charge in [0, 0.05) is 19.8 Å². The van der Waals surface area contributed by atoms with Gasteiger partial charge in [-0.25, -0.2) is 19.3 Å². The van der Waals surface area contributed by atoms with Crippen LogP contribution in [0.2, 0.25) is 5.15 Å². The molecule has 0 bridgehead atoms. The number of benzene rings is 1. The Balaban J connectivity index is 1.90. The van der Waals surface area contributed by atoms with Crippen LogP contribution < -0.4 is 4.90 Å². The van der Waals surface area contributed by atoms with Crippen molar-refractivity contribution in [3.05, 3.63) is 47.0 Å². The number of thioether (sulfide) groups is 1. The summed E-state index contributed by atoms with van der Waals surface area (Å²) in [7, 11) is -2.51. The van der Waals surface area contributed by atoms with Crippen molar-refractivity contribution in [2.45, 2.75) is 16.5 Å². The zero-order valence-corrected chi connectivity index (χ0v) is 17.3. The Morgan fingerprint density at radius 2 is 2.07 bits per heavy atom. The average Bonchev–Trinajstić information content (AvgIpc) is 2.68. The van der Waals surface area contributed by atoms with Gasteiger partial charge in [-0.15, -0.1) is 0 Å². The number of anilines is 1. The molecule has 0 amide bonds. The summed E-state index contributed by atoms with van der Waals surface area (Å²) in [5, 5.41) is 0.562. The number of halogens is 2. The van der Waals surface area contributed by atoms with Gasteiger partial charge in [-0.05, 0) is 30.4 Å². The molecule has 0 saturated heterocycles. The molecule has 2 heterocycles. The molecule has 0 aliphatic heterocycles. The van der Waals surface area contributed by atoms with Crippen LogP contribution in [-0.4, -0.2) is 47.8 Å². The highest BCUT2D eigenvalue weighted by atomic mass is 35.5. The summed E-state index contributed by atoms with van der Waals surface area (Å²) in [5.74, 6) is -0.285. The van der Waals surface area contributed by atoms with Gasteiger partial charge in [-0.2, -0.15) is 8.42 Å².